The fraction of sp³-hybridized carbons (Fsp3) is 0.500. The third-order valence-electron chi connectivity index (χ3n) is 1.16. The van der Waals surface area contributed by atoms with Crippen LogP contribution in [0, 0.1) is 0 Å². The van der Waals surface area contributed by atoms with Crippen molar-refractivity contribution >= 4 is 11.9 Å². The van der Waals surface area contributed by atoms with Crippen LogP contribution in [-0.4, -0.2) is 32.8 Å². The van der Waals surface area contributed by atoms with Crippen LogP contribution < -0.4 is 0 Å². The highest BCUT2D eigenvalue weighted by molar-refractivity contribution is 5.82. The number of hydrogen-bond acceptors (Lipinski definition) is 5. The summed E-state index contributed by atoms with van der Waals surface area (Å²) in [5.74, 6) is -0.751. The molecule has 0 unspecified atom stereocenters. The standard InChI is InChI=1S/C8H12O5/c1-6(9)13-5-7(11-2)4-8(10)12-3/h4H,5H2,1-3H3/b7-4+. The van der Waals surface area contributed by atoms with E-state index in [1.807, 2.05) is 0 Å². The molecule has 0 aliphatic rings. The maximum atomic E-state index is 10.7. The molecule has 0 aliphatic heterocycles. The summed E-state index contributed by atoms with van der Waals surface area (Å²) in [5.41, 5.74) is 0. The van der Waals surface area contributed by atoms with Crippen molar-refractivity contribution in [1.29, 1.82) is 0 Å². The summed E-state index contributed by atoms with van der Waals surface area (Å²) < 4.78 is 13.7. The monoisotopic (exact) mass is 188 g/mol. The first kappa shape index (κ1) is 11.5. The van der Waals surface area contributed by atoms with Gasteiger partial charge in [0.25, 0.3) is 0 Å². The van der Waals surface area contributed by atoms with Crippen molar-refractivity contribution in [2.75, 3.05) is 20.8 Å². The van der Waals surface area contributed by atoms with Gasteiger partial charge in [-0.1, -0.05) is 0 Å². The normalized spacial score (nSPS) is 10.5. The molecule has 0 amide bonds. The molecule has 0 aromatic carbocycles. The first-order chi connectivity index (χ1) is 6.10. The second kappa shape index (κ2) is 6.05. The molecule has 0 saturated carbocycles. The Kier molecular flexibility index (Phi) is 5.34. The van der Waals surface area contributed by atoms with Gasteiger partial charge in [-0.05, 0) is 0 Å². The van der Waals surface area contributed by atoms with E-state index in [4.69, 9.17) is 4.74 Å². The van der Waals surface area contributed by atoms with Crippen molar-refractivity contribution in [3.8, 4) is 0 Å². The van der Waals surface area contributed by atoms with Gasteiger partial charge in [0.05, 0.1) is 20.3 Å². The number of carbonyl (C=O) groups excluding carboxylic acids is 2. The van der Waals surface area contributed by atoms with Gasteiger partial charge in [0.15, 0.2) is 0 Å². The van der Waals surface area contributed by atoms with Crippen molar-refractivity contribution in [2.45, 2.75) is 6.92 Å². The fourth-order valence-corrected chi connectivity index (χ4v) is 0.523. The Morgan fingerprint density at radius 2 is 1.85 bits per heavy atom. The minimum atomic E-state index is -0.552. The largest absolute Gasteiger partial charge is 0.497 e. The lowest BCUT2D eigenvalue weighted by Crippen LogP contribution is -2.07. The zero-order chi connectivity index (χ0) is 10.3. The molecule has 0 bridgehead atoms. The molecular weight excluding hydrogens is 176 g/mol. The van der Waals surface area contributed by atoms with Crippen molar-refractivity contribution in [3.63, 3.8) is 0 Å². The Hall–Kier alpha value is -1.52. The Balaban J connectivity index is 4.09. The molecule has 0 saturated heterocycles. The molecule has 0 aromatic heterocycles. The molecule has 5 nitrogen and oxygen atoms in total. The molecule has 0 fully saturated rings. The van der Waals surface area contributed by atoms with Gasteiger partial charge in [-0.25, -0.2) is 4.79 Å². The zero-order valence-electron chi connectivity index (χ0n) is 7.83. The molecule has 0 rings (SSSR count). The smallest absolute Gasteiger partial charge is 0.334 e. The van der Waals surface area contributed by atoms with E-state index in [2.05, 4.69) is 9.47 Å². The van der Waals surface area contributed by atoms with E-state index in [1.54, 1.807) is 0 Å². The lowest BCUT2D eigenvalue weighted by atomic mass is 10.4. The maximum Gasteiger partial charge on any atom is 0.334 e. The number of carbonyl (C=O) groups is 2. The Morgan fingerprint density at radius 1 is 1.23 bits per heavy atom. The van der Waals surface area contributed by atoms with E-state index >= 15 is 0 Å². The Bertz CT molecular complexity index is 219. The molecule has 13 heavy (non-hydrogen) atoms. The second-order valence-corrected chi connectivity index (χ2v) is 2.12. The predicted molar refractivity (Wildman–Crippen MR) is 43.7 cm³/mol. The summed E-state index contributed by atoms with van der Waals surface area (Å²) >= 11 is 0. The van der Waals surface area contributed by atoms with E-state index in [9.17, 15) is 9.59 Å². The van der Waals surface area contributed by atoms with Crippen LogP contribution in [0.3, 0.4) is 0 Å². The first-order valence-corrected chi connectivity index (χ1v) is 3.56. The highest BCUT2D eigenvalue weighted by atomic mass is 16.6. The number of rotatable bonds is 4. The number of esters is 2. The van der Waals surface area contributed by atoms with Crippen LogP contribution in [0.25, 0.3) is 0 Å². The van der Waals surface area contributed by atoms with Crippen molar-refractivity contribution in [3.05, 3.63) is 11.8 Å². The van der Waals surface area contributed by atoms with Crippen molar-refractivity contribution in [2.24, 2.45) is 0 Å². The lowest BCUT2D eigenvalue weighted by Gasteiger charge is -2.05. The molecule has 0 aliphatic carbocycles. The molecule has 5 heteroatoms. The van der Waals surface area contributed by atoms with E-state index < -0.39 is 11.9 Å². The molecule has 0 heterocycles. The SMILES string of the molecule is COC(=O)/C=C(\COC(C)=O)OC. The lowest BCUT2D eigenvalue weighted by molar-refractivity contribution is -0.141. The molecule has 0 radical (unpaired) electrons. The summed E-state index contributed by atoms with van der Waals surface area (Å²) in [7, 11) is 2.62. The molecule has 0 spiro atoms. The highest BCUT2D eigenvalue weighted by Gasteiger charge is 2.03. The van der Waals surface area contributed by atoms with Gasteiger partial charge in [0, 0.05) is 6.92 Å². The first-order valence-electron chi connectivity index (χ1n) is 3.56. The van der Waals surface area contributed by atoms with Crippen molar-refractivity contribution < 1.29 is 23.8 Å². The molecular formula is C8H12O5. The average molecular weight is 188 g/mol. The summed E-state index contributed by atoms with van der Waals surface area (Å²) in [4.78, 5) is 21.1. The summed E-state index contributed by atoms with van der Waals surface area (Å²) in [6, 6.07) is 0. The van der Waals surface area contributed by atoms with Gasteiger partial charge in [-0.3, -0.25) is 4.79 Å². The van der Waals surface area contributed by atoms with Crippen LogP contribution in [-0.2, 0) is 23.8 Å². The third-order valence-corrected chi connectivity index (χ3v) is 1.16. The quantitative estimate of drug-likeness (QED) is 0.359. The highest BCUT2D eigenvalue weighted by Crippen LogP contribution is 1.97. The fourth-order valence-electron chi connectivity index (χ4n) is 0.523. The zero-order valence-corrected chi connectivity index (χ0v) is 7.83. The van der Waals surface area contributed by atoms with E-state index in [0.717, 1.165) is 6.08 Å². The van der Waals surface area contributed by atoms with Crippen molar-refractivity contribution in [1.82, 2.24) is 0 Å². The van der Waals surface area contributed by atoms with Crippen LogP contribution in [0.1, 0.15) is 6.92 Å². The minimum absolute atomic E-state index is 0.0685. The van der Waals surface area contributed by atoms with Gasteiger partial charge in [-0.15, -0.1) is 0 Å². The Morgan fingerprint density at radius 3 is 2.23 bits per heavy atom. The van der Waals surface area contributed by atoms with Crippen LogP contribution in [0.4, 0.5) is 0 Å². The number of ether oxygens (including phenoxy) is 3. The second-order valence-electron chi connectivity index (χ2n) is 2.12. The van der Waals surface area contributed by atoms with E-state index in [-0.39, 0.29) is 12.4 Å². The number of hydrogen-bond donors (Lipinski definition) is 0. The molecule has 0 atom stereocenters. The third kappa shape index (κ3) is 5.72. The van der Waals surface area contributed by atoms with Crippen LogP contribution in [0.2, 0.25) is 0 Å². The average Bonchev–Trinajstić information content (AvgIpc) is 2.11. The minimum Gasteiger partial charge on any atom is -0.497 e. The maximum absolute atomic E-state index is 10.7. The van der Waals surface area contributed by atoms with Gasteiger partial charge in [0.2, 0.25) is 0 Å². The van der Waals surface area contributed by atoms with E-state index in [0.29, 0.717) is 0 Å². The van der Waals surface area contributed by atoms with Crippen LogP contribution in [0.15, 0.2) is 11.8 Å². The van der Waals surface area contributed by atoms with Gasteiger partial charge in [-0.2, -0.15) is 0 Å². The van der Waals surface area contributed by atoms with Gasteiger partial charge >= 0.3 is 11.9 Å². The topological polar surface area (TPSA) is 61.8 Å². The molecule has 0 aromatic rings. The summed E-state index contributed by atoms with van der Waals surface area (Å²) in [6.45, 7) is 1.20. The van der Waals surface area contributed by atoms with Gasteiger partial charge < -0.3 is 14.2 Å². The molecule has 74 valence electrons. The van der Waals surface area contributed by atoms with Gasteiger partial charge in [0.1, 0.15) is 12.4 Å². The van der Waals surface area contributed by atoms with Crippen LogP contribution >= 0.6 is 0 Å². The Labute approximate surface area is 76.3 Å². The predicted octanol–water partition coefficient (Wildman–Crippen LogP) is 0.253. The molecule has 0 N–H and O–H groups in total. The number of methoxy groups -OCH3 is 2. The summed E-state index contributed by atoms with van der Waals surface area (Å²) in [6.07, 6.45) is 1.11. The van der Waals surface area contributed by atoms with E-state index in [1.165, 1.54) is 21.1 Å². The van der Waals surface area contributed by atoms with Crippen LogP contribution in [0.5, 0.6) is 0 Å². The summed E-state index contributed by atoms with van der Waals surface area (Å²) in [5, 5.41) is 0.